The van der Waals surface area contributed by atoms with E-state index < -0.39 is 0 Å². The number of aromatic nitrogens is 2. The van der Waals surface area contributed by atoms with Crippen LogP contribution in [0.1, 0.15) is 51.1 Å². The topological polar surface area (TPSA) is 49.3 Å². The summed E-state index contributed by atoms with van der Waals surface area (Å²) in [7, 11) is 0. The fourth-order valence-electron chi connectivity index (χ4n) is 3.39. The summed E-state index contributed by atoms with van der Waals surface area (Å²) in [4.78, 5) is 21.6. The van der Waals surface area contributed by atoms with Crippen molar-refractivity contribution in [3.8, 4) is 0 Å². The molecule has 1 aliphatic heterocycles. The predicted octanol–water partition coefficient (Wildman–Crippen LogP) is 3.91. The molecule has 6 heteroatoms. The summed E-state index contributed by atoms with van der Waals surface area (Å²) >= 11 is 1.46. The van der Waals surface area contributed by atoms with E-state index in [0.29, 0.717) is 6.42 Å². The van der Waals surface area contributed by atoms with E-state index in [9.17, 15) is 4.79 Å². The minimum absolute atomic E-state index is 0.0258. The van der Waals surface area contributed by atoms with E-state index in [0.717, 1.165) is 37.0 Å². The second kappa shape index (κ2) is 7.97. The number of carbonyl (C=O) groups excluding carboxylic acids is 1. The molecule has 0 aliphatic carbocycles. The van der Waals surface area contributed by atoms with Crippen LogP contribution >= 0.6 is 11.5 Å². The molecule has 0 N–H and O–H groups in total. The zero-order valence-electron chi connectivity index (χ0n) is 17.0. The summed E-state index contributed by atoms with van der Waals surface area (Å²) in [5, 5.41) is 0.965. The fourth-order valence-corrected chi connectivity index (χ4v) is 4.11. The van der Waals surface area contributed by atoms with Gasteiger partial charge in [0, 0.05) is 50.1 Å². The number of rotatable bonds is 4. The van der Waals surface area contributed by atoms with Crippen molar-refractivity contribution in [1.29, 1.82) is 0 Å². The van der Waals surface area contributed by atoms with Crippen molar-refractivity contribution in [1.82, 2.24) is 14.3 Å². The molecule has 1 fully saturated rings. The molecule has 1 amide bonds. The first kappa shape index (κ1) is 19.8. The van der Waals surface area contributed by atoms with Crippen molar-refractivity contribution < 1.29 is 4.79 Å². The minimum Gasteiger partial charge on any atom is -0.343 e. The van der Waals surface area contributed by atoms with E-state index >= 15 is 0 Å². The van der Waals surface area contributed by atoms with Gasteiger partial charge in [0.15, 0.2) is 0 Å². The Kier molecular flexibility index (Phi) is 5.84. The quantitative estimate of drug-likeness (QED) is 0.799. The van der Waals surface area contributed by atoms with Crippen molar-refractivity contribution >= 4 is 22.6 Å². The predicted molar refractivity (Wildman–Crippen MR) is 111 cm³/mol. The smallest absolute Gasteiger partial charge is 0.223 e. The van der Waals surface area contributed by atoms with E-state index in [2.05, 4.69) is 68.2 Å². The number of aryl methyl sites for hydroxylation is 1. The number of benzene rings is 1. The molecule has 0 saturated carbocycles. The van der Waals surface area contributed by atoms with Crippen LogP contribution in [0.2, 0.25) is 0 Å². The van der Waals surface area contributed by atoms with Crippen LogP contribution in [-0.4, -0.2) is 45.8 Å². The Hall–Kier alpha value is -1.95. The van der Waals surface area contributed by atoms with Crippen LogP contribution in [0, 0.1) is 12.3 Å². The number of carbonyl (C=O) groups is 1. The van der Waals surface area contributed by atoms with Gasteiger partial charge in [-0.1, -0.05) is 50.6 Å². The maximum Gasteiger partial charge on any atom is 0.223 e. The molecule has 3 rings (SSSR count). The molecule has 1 aromatic carbocycles. The SMILES string of the molecule is Cc1ccc(Cc2nsc(N3CCN(C(=O)CC(C)(C)C)C(C)C3)n2)cc1. The number of amides is 1. The molecule has 1 aromatic heterocycles. The van der Waals surface area contributed by atoms with E-state index in [1.165, 1.54) is 22.7 Å². The standard InChI is InChI=1S/C21H30N4OS/c1-15-6-8-17(9-7-15)12-18-22-20(27-23-18)24-10-11-25(16(2)14-24)19(26)13-21(3,4)5/h6-9,16H,10-14H2,1-5H3. The highest BCUT2D eigenvalue weighted by Crippen LogP contribution is 2.25. The summed E-state index contributed by atoms with van der Waals surface area (Å²) in [6.45, 7) is 12.9. The van der Waals surface area contributed by atoms with Crippen LogP contribution in [0.4, 0.5) is 5.13 Å². The lowest BCUT2D eigenvalue weighted by atomic mass is 9.91. The van der Waals surface area contributed by atoms with Crippen molar-refractivity contribution in [2.45, 2.75) is 53.5 Å². The monoisotopic (exact) mass is 386 g/mol. The lowest BCUT2D eigenvalue weighted by Crippen LogP contribution is -2.54. The van der Waals surface area contributed by atoms with Gasteiger partial charge in [-0.2, -0.15) is 4.37 Å². The van der Waals surface area contributed by atoms with Crippen LogP contribution in [-0.2, 0) is 11.2 Å². The number of piperazine rings is 1. The second-order valence-corrected chi connectivity index (χ2v) is 9.51. The van der Waals surface area contributed by atoms with Gasteiger partial charge in [-0.15, -0.1) is 0 Å². The van der Waals surface area contributed by atoms with Crippen LogP contribution < -0.4 is 4.90 Å². The normalized spacial score (nSPS) is 18.0. The third-order valence-corrected chi connectivity index (χ3v) is 5.65. The van der Waals surface area contributed by atoms with E-state index in [1.54, 1.807) is 0 Å². The average molecular weight is 387 g/mol. The summed E-state index contributed by atoms with van der Waals surface area (Å²) in [6.07, 6.45) is 1.35. The number of anilines is 1. The van der Waals surface area contributed by atoms with Gasteiger partial charge in [0.05, 0.1) is 0 Å². The van der Waals surface area contributed by atoms with E-state index in [1.807, 2.05) is 4.90 Å². The Morgan fingerprint density at radius 3 is 2.56 bits per heavy atom. The van der Waals surface area contributed by atoms with Crippen LogP contribution in [0.5, 0.6) is 0 Å². The van der Waals surface area contributed by atoms with Gasteiger partial charge >= 0.3 is 0 Å². The highest BCUT2D eigenvalue weighted by molar-refractivity contribution is 7.09. The minimum atomic E-state index is 0.0258. The third kappa shape index (κ3) is 5.28. The van der Waals surface area contributed by atoms with Gasteiger partial charge in [0.25, 0.3) is 0 Å². The fraction of sp³-hybridized carbons (Fsp3) is 0.571. The van der Waals surface area contributed by atoms with Gasteiger partial charge in [-0.05, 0) is 24.8 Å². The van der Waals surface area contributed by atoms with E-state index in [-0.39, 0.29) is 17.4 Å². The Morgan fingerprint density at radius 1 is 1.22 bits per heavy atom. The second-order valence-electron chi connectivity index (χ2n) is 8.78. The third-order valence-electron chi connectivity index (χ3n) is 4.84. The Labute approximate surface area is 166 Å². The average Bonchev–Trinajstić information content (AvgIpc) is 3.03. The zero-order valence-corrected chi connectivity index (χ0v) is 17.8. The molecule has 2 aromatic rings. The van der Waals surface area contributed by atoms with Crippen LogP contribution in [0.15, 0.2) is 24.3 Å². The van der Waals surface area contributed by atoms with Gasteiger partial charge in [0.1, 0.15) is 5.82 Å². The first-order chi connectivity index (χ1) is 12.7. The molecule has 1 atom stereocenters. The summed E-state index contributed by atoms with van der Waals surface area (Å²) in [5.41, 5.74) is 2.52. The molecule has 1 saturated heterocycles. The summed E-state index contributed by atoms with van der Waals surface area (Å²) < 4.78 is 4.55. The number of hydrogen-bond acceptors (Lipinski definition) is 5. The van der Waals surface area contributed by atoms with Gasteiger partial charge < -0.3 is 9.80 Å². The molecule has 0 spiro atoms. The molecule has 27 heavy (non-hydrogen) atoms. The Bertz CT molecular complexity index is 778. The zero-order chi connectivity index (χ0) is 19.6. The number of hydrogen-bond donors (Lipinski definition) is 0. The maximum absolute atomic E-state index is 12.6. The van der Waals surface area contributed by atoms with Gasteiger partial charge in [-0.3, -0.25) is 4.79 Å². The van der Waals surface area contributed by atoms with Gasteiger partial charge in [-0.25, -0.2) is 4.98 Å². The van der Waals surface area contributed by atoms with Crippen molar-refractivity contribution in [3.63, 3.8) is 0 Å². The lowest BCUT2D eigenvalue weighted by molar-refractivity contribution is -0.135. The molecule has 1 aliphatic rings. The first-order valence-corrected chi connectivity index (χ1v) is 10.4. The Morgan fingerprint density at radius 2 is 1.93 bits per heavy atom. The van der Waals surface area contributed by atoms with Crippen molar-refractivity contribution in [3.05, 3.63) is 41.2 Å². The van der Waals surface area contributed by atoms with Crippen molar-refractivity contribution in [2.24, 2.45) is 5.41 Å². The maximum atomic E-state index is 12.6. The van der Waals surface area contributed by atoms with Crippen LogP contribution in [0.3, 0.4) is 0 Å². The Balaban J connectivity index is 1.60. The first-order valence-electron chi connectivity index (χ1n) is 9.64. The molecular weight excluding hydrogens is 356 g/mol. The van der Waals surface area contributed by atoms with Crippen LogP contribution in [0.25, 0.3) is 0 Å². The molecule has 0 radical (unpaired) electrons. The molecular formula is C21H30N4OS. The lowest BCUT2D eigenvalue weighted by Gasteiger charge is -2.40. The summed E-state index contributed by atoms with van der Waals surface area (Å²) in [5.74, 6) is 1.13. The molecule has 1 unspecified atom stereocenters. The van der Waals surface area contributed by atoms with Crippen molar-refractivity contribution in [2.75, 3.05) is 24.5 Å². The highest BCUT2D eigenvalue weighted by Gasteiger charge is 2.30. The van der Waals surface area contributed by atoms with E-state index in [4.69, 9.17) is 4.98 Å². The molecule has 2 heterocycles. The largest absolute Gasteiger partial charge is 0.343 e. The summed E-state index contributed by atoms with van der Waals surface area (Å²) in [6, 6.07) is 8.71. The molecule has 146 valence electrons. The highest BCUT2D eigenvalue weighted by atomic mass is 32.1. The van der Waals surface area contributed by atoms with Gasteiger partial charge in [0.2, 0.25) is 11.0 Å². The molecule has 5 nitrogen and oxygen atoms in total. The number of nitrogens with zero attached hydrogens (tertiary/aromatic N) is 4. The molecule has 0 bridgehead atoms.